The highest BCUT2D eigenvalue weighted by molar-refractivity contribution is 6.25. The second-order valence-corrected chi connectivity index (χ2v) is 8.15. The van der Waals surface area contributed by atoms with Crippen LogP contribution in [0, 0.1) is 0 Å². The maximum absolute atomic E-state index is 5.11. The molecule has 7 aromatic rings. The van der Waals surface area contributed by atoms with Crippen molar-refractivity contribution in [2.45, 2.75) is 0 Å². The van der Waals surface area contributed by atoms with E-state index in [-0.39, 0.29) is 0 Å². The number of benzene rings is 4. The van der Waals surface area contributed by atoms with Crippen LogP contribution in [-0.2, 0) is 0 Å². The highest BCUT2D eigenvalue weighted by atomic mass is 15.1. The van der Waals surface area contributed by atoms with Crippen LogP contribution in [0.3, 0.4) is 0 Å². The normalized spacial score (nSPS) is 11.8. The van der Waals surface area contributed by atoms with E-state index in [0.29, 0.717) is 0 Å². The molecule has 0 spiro atoms. The van der Waals surface area contributed by atoms with Crippen molar-refractivity contribution in [1.82, 2.24) is 14.5 Å². The monoisotopic (exact) mass is 409 g/mol. The maximum Gasteiger partial charge on any atom is 0.138 e. The Hall–Kier alpha value is -4.37. The molecule has 0 radical (unpaired) electrons. The number of nitrogens with zero attached hydrogens (tertiary/aromatic N) is 2. The molecule has 0 saturated carbocycles. The number of nitrogens with one attached hydrogen (secondary N) is 1. The summed E-state index contributed by atoms with van der Waals surface area (Å²) < 4.78 is 2.32. The molecule has 0 aliphatic carbocycles. The lowest BCUT2D eigenvalue weighted by Crippen LogP contribution is -1.98. The standard InChI is InChI=1S/C29H19N3/c1-2-9-19(10-3-1)23-14-8-16-27(31-23)32-26-15-7-5-11-20(26)21-17-18-25-28(29(21)32)22-12-4-6-13-24(22)30-25/h1-18,30H. The van der Waals surface area contributed by atoms with Crippen molar-refractivity contribution in [3.63, 3.8) is 0 Å². The molecule has 3 nitrogen and oxygen atoms in total. The molecular formula is C29H19N3. The van der Waals surface area contributed by atoms with Crippen molar-refractivity contribution in [3.8, 4) is 17.1 Å². The van der Waals surface area contributed by atoms with E-state index in [4.69, 9.17) is 4.98 Å². The summed E-state index contributed by atoms with van der Waals surface area (Å²) in [5.41, 5.74) is 6.74. The first-order valence-electron chi connectivity index (χ1n) is 10.8. The summed E-state index contributed by atoms with van der Waals surface area (Å²) in [5.74, 6) is 0.926. The summed E-state index contributed by atoms with van der Waals surface area (Å²) >= 11 is 0. The average Bonchev–Trinajstić information content (AvgIpc) is 3.40. The first kappa shape index (κ1) is 17.3. The number of rotatable bonds is 2. The number of para-hydroxylation sites is 2. The predicted octanol–water partition coefficient (Wildman–Crippen LogP) is 7.48. The van der Waals surface area contributed by atoms with E-state index in [0.717, 1.165) is 33.6 Å². The lowest BCUT2D eigenvalue weighted by atomic mass is 10.1. The third-order valence-electron chi connectivity index (χ3n) is 6.34. The molecule has 150 valence electrons. The molecule has 7 rings (SSSR count). The molecule has 0 atom stereocenters. The minimum Gasteiger partial charge on any atom is -0.354 e. The Labute approximate surface area is 184 Å². The van der Waals surface area contributed by atoms with Gasteiger partial charge in [0, 0.05) is 38.1 Å². The van der Waals surface area contributed by atoms with Crippen molar-refractivity contribution < 1.29 is 0 Å². The first-order chi connectivity index (χ1) is 15.9. The van der Waals surface area contributed by atoms with Crippen molar-refractivity contribution in [2.24, 2.45) is 0 Å². The van der Waals surface area contributed by atoms with Gasteiger partial charge >= 0.3 is 0 Å². The van der Waals surface area contributed by atoms with Gasteiger partial charge in [-0.3, -0.25) is 4.57 Å². The second kappa shape index (κ2) is 6.56. The van der Waals surface area contributed by atoms with E-state index in [1.165, 1.54) is 27.1 Å². The average molecular weight is 409 g/mol. The van der Waals surface area contributed by atoms with Gasteiger partial charge in [0.1, 0.15) is 5.82 Å². The molecule has 32 heavy (non-hydrogen) atoms. The van der Waals surface area contributed by atoms with Gasteiger partial charge in [-0.05, 0) is 30.3 Å². The van der Waals surface area contributed by atoms with Crippen LogP contribution in [0.1, 0.15) is 0 Å². The smallest absolute Gasteiger partial charge is 0.138 e. The Morgan fingerprint density at radius 2 is 1.34 bits per heavy atom. The molecule has 0 aliphatic heterocycles. The summed E-state index contributed by atoms with van der Waals surface area (Å²) in [4.78, 5) is 8.71. The number of pyridine rings is 1. The fraction of sp³-hybridized carbons (Fsp3) is 0. The summed E-state index contributed by atoms with van der Waals surface area (Å²) in [6.07, 6.45) is 0. The van der Waals surface area contributed by atoms with Crippen molar-refractivity contribution in [3.05, 3.63) is 109 Å². The number of aromatic nitrogens is 3. The SMILES string of the molecule is c1ccc(-c2cccc(-n3c4ccccc4c4ccc5[nH]c6ccccc6c5c43)n2)cc1. The van der Waals surface area contributed by atoms with E-state index in [2.05, 4.69) is 113 Å². The third kappa shape index (κ3) is 2.39. The summed E-state index contributed by atoms with van der Waals surface area (Å²) in [6, 6.07) is 38.2. The topological polar surface area (TPSA) is 33.6 Å². The van der Waals surface area contributed by atoms with E-state index >= 15 is 0 Å². The fourth-order valence-corrected chi connectivity index (χ4v) is 4.95. The zero-order chi connectivity index (χ0) is 21.1. The number of hydrogen-bond acceptors (Lipinski definition) is 1. The lowest BCUT2D eigenvalue weighted by Gasteiger charge is -2.10. The number of aromatic amines is 1. The predicted molar refractivity (Wildman–Crippen MR) is 133 cm³/mol. The van der Waals surface area contributed by atoms with Crippen molar-refractivity contribution in [1.29, 1.82) is 0 Å². The molecule has 0 aliphatic rings. The van der Waals surface area contributed by atoms with E-state index in [9.17, 15) is 0 Å². The molecule has 3 heterocycles. The summed E-state index contributed by atoms with van der Waals surface area (Å²) in [7, 11) is 0. The maximum atomic E-state index is 5.11. The Bertz CT molecular complexity index is 1770. The van der Waals surface area contributed by atoms with E-state index < -0.39 is 0 Å². The minimum absolute atomic E-state index is 0.926. The molecule has 3 heteroatoms. The Morgan fingerprint density at radius 1 is 0.562 bits per heavy atom. The van der Waals surface area contributed by atoms with Crippen LogP contribution >= 0.6 is 0 Å². The van der Waals surface area contributed by atoms with Gasteiger partial charge in [0.15, 0.2) is 0 Å². The van der Waals surface area contributed by atoms with Crippen LogP contribution in [0.4, 0.5) is 0 Å². The first-order valence-corrected chi connectivity index (χ1v) is 10.8. The van der Waals surface area contributed by atoms with E-state index in [1.807, 2.05) is 6.07 Å². The summed E-state index contributed by atoms with van der Waals surface area (Å²) in [5, 5.41) is 4.95. The largest absolute Gasteiger partial charge is 0.354 e. The highest BCUT2D eigenvalue weighted by Crippen LogP contribution is 2.39. The van der Waals surface area contributed by atoms with Crippen LogP contribution in [0.25, 0.3) is 60.7 Å². The molecule has 0 amide bonds. The molecule has 0 saturated heterocycles. The molecule has 4 aromatic carbocycles. The van der Waals surface area contributed by atoms with Crippen LogP contribution in [0.5, 0.6) is 0 Å². The molecule has 3 aromatic heterocycles. The molecule has 1 N–H and O–H groups in total. The van der Waals surface area contributed by atoms with Gasteiger partial charge in [-0.15, -0.1) is 0 Å². The minimum atomic E-state index is 0.926. The van der Waals surface area contributed by atoms with Gasteiger partial charge in [-0.1, -0.05) is 78.9 Å². The van der Waals surface area contributed by atoms with Crippen LogP contribution in [0.15, 0.2) is 109 Å². The van der Waals surface area contributed by atoms with Crippen molar-refractivity contribution >= 4 is 43.6 Å². The second-order valence-electron chi connectivity index (χ2n) is 8.15. The Morgan fingerprint density at radius 3 is 2.25 bits per heavy atom. The molecule has 0 unspecified atom stereocenters. The Balaban J connectivity index is 1.65. The fourth-order valence-electron chi connectivity index (χ4n) is 4.95. The van der Waals surface area contributed by atoms with Gasteiger partial charge in [-0.2, -0.15) is 0 Å². The molecule has 0 bridgehead atoms. The van der Waals surface area contributed by atoms with Gasteiger partial charge in [0.05, 0.1) is 16.7 Å². The molecular weight excluding hydrogens is 390 g/mol. The van der Waals surface area contributed by atoms with Gasteiger partial charge < -0.3 is 4.98 Å². The third-order valence-corrected chi connectivity index (χ3v) is 6.34. The molecule has 0 fully saturated rings. The van der Waals surface area contributed by atoms with Crippen LogP contribution in [-0.4, -0.2) is 14.5 Å². The quantitative estimate of drug-likeness (QED) is 0.315. The highest BCUT2D eigenvalue weighted by Gasteiger charge is 2.18. The Kier molecular flexibility index (Phi) is 3.55. The number of fused-ring (bicyclic) bond motifs is 7. The summed E-state index contributed by atoms with van der Waals surface area (Å²) in [6.45, 7) is 0. The van der Waals surface area contributed by atoms with E-state index in [1.54, 1.807) is 0 Å². The van der Waals surface area contributed by atoms with Crippen LogP contribution in [0.2, 0.25) is 0 Å². The number of H-pyrrole nitrogens is 1. The van der Waals surface area contributed by atoms with Gasteiger partial charge in [0.2, 0.25) is 0 Å². The van der Waals surface area contributed by atoms with Crippen molar-refractivity contribution in [2.75, 3.05) is 0 Å². The zero-order valence-electron chi connectivity index (χ0n) is 17.3. The van der Waals surface area contributed by atoms with Crippen LogP contribution < -0.4 is 0 Å². The van der Waals surface area contributed by atoms with Gasteiger partial charge in [0.25, 0.3) is 0 Å². The van der Waals surface area contributed by atoms with Gasteiger partial charge in [-0.25, -0.2) is 4.98 Å². The zero-order valence-corrected chi connectivity index (χ0v) is 17.3. The lowest BCUT2D eigenvalue weighted by molar-refractivity contribution is 1.09. The number of hydrogen-bond donors (Lipinski definition) is 1.